The number of likely N-dealkylation sites (tertiary alicyclic amines) is 1. The topological polar surface area (TPSA) is 45.7 Å². The third kappa shape index (κ3) is 6.58. The molecule has 0 N–H and O–H groups in total. The monoisotopic (exact) mass is 477 g/mol. The van der Waals surface area contributed by atoms with Gasteiger partial charge >= 0.3 is 0 Å². The molecule has 1 aliphatic rings. The predicted molar refractivity (Wildman–Crippen MR) is 136 cm³/mol. The van der Waals surface area contributed by atoms with Gasteiger partial charge in [0.1, 0.15) is 5.75 Å². The molecule has 3 aromatic rings. The molecule has 0 radical (unpaired) electrons. The number of aromatic nitrogens is 1. The van der Waals surface area contributed by atoms with Gasteiger partial charge in [0.05, 0.1) is 5.02 Å². The second kappa shape index (κ2) is 12.0. The molecule has 0 unspecified atom stereocenters. The molecule has 0 bridgehead atoms. The number of nitrogens with zero attached hydrogens (tertiary/aromatic N) is 3. The van der Waals surface area contributed by atoms with Crippen molar-refractivity contribution in [1.82, 2.24) is 14.8 Å². The molecule has 0 aliphatic carbocycles. The fraction of sp³-hybridized carbons (Fsp3) is 0.357. The molecule has 34 heavy (non-hydrogen) atoms. The fourth-order valence-corrected chi connectivity index (χ4v) is 4.95. The van der Waals surface area contributed by atoms with Crippen molar-refractivity contribution in [1.29, 1.82) is 0 Å². The predicted octanol–water partition coefficient (Wildman–Crippen LogP) is 5.10. The Balaban J connectivity index is 1.36. The summed E-state index contributed by atoms with van der Waals surface area (Å²) in [6.07, 6.45) is 6.70. The van der Waals surface area contributed by atoms with Crippen LogP contribution in [0.3, 0.4) is 0 Å². The number of benzene rings is 2. The summed E-state index contributed by atoms with van der Waals surface area (Å²) in [5, 5.41) is 0.523. The van der Waals surface area contributed by atoms with Crippen molar-refractivity contribution in [3.63, 3.8) is 0 Å². The standard InChI is InChI=1S/C28H32ClN3O2/c1-31(20-23-10-7-15-30-19-23)26(18-22-8-3-2-4-9-22)24-13-16-32(17-14-24)28(33)21-34-27-12-6-5-11-25(27)29/h2-12,15,19,24,26H,13-14,16-18,20-21H2,1H3/t26-/m0/s1. The van der Waals surface area contributed by atoms with Gasteiger partial charge in [0.2, 0.25) is 0 Å². The number of amides is 1. The number of carbonyl (C=O) groups excluding carboxylic acids is 1. The van der Waals surface area contributed by atoms with Crippen molar-refractivity contribution in [2.24, 2.45) is 5.92 Å². The van der Waals surface area contributed by atoms with E-state index in [0.717, 1.165) is 38.9 Å². The summed E-state index contributed by atoms with van der Waals surface area (Å²) >= 11 is 6.14. The molecule has 6 heteroatoms. The second-order valence-electron chi connectivity index (χ2n) is 8.97. The summed E-state index contributed by atoms with van der Waals surface area (Å²) in [6.45, 7) is 2.38. The van der Waals surface area contributed by atoms with Gasteiger partial charge in [0, 0.05) is 38.1 Å². The third-order valence-electron chi connectivity index (χ3n) is 6.63. The van der Waals surface area contributed by atoms with Gasteiger partial charge < -0.3 is 9.64 Å². The molecular formula is C28H32ClN3O2. The molecule has 1 saturated heterocycles. The van der Waals surface area contributed by atoms with Gasteiger partial charge in [-0.25, -0.2) is 0 Å². The van der Waals surface area contributed by atoms with E-state index in [9.17, 15) is 4.79 Å². The molecule has 4 rings (SSSR count). The molecule has 0 saturated carbocycles. The van der Waals surface area contributed by atoms with E-state index in [1.165, 1.54) is 11.1 Å². The van der Waals surface area contributed by atoms with Gasteiger partial charge in [-0.2, -0.15) is 0 Å². The summed E-state index contributed by atoms with van der Waals surface area (Å²) in [6, 6.07) is 22.4. The first-order chi connectivity index (χ1) is 16.6. The lowest BCUT2D eigenvalue weighted by molar-refractivity contribution is -0.135. The number of para-hydroxylation sites is 1. The summed E-state index contributed by atoms with van der Waals surface area (Å²) in [7, 11) is 2.20. The molecule has 1 fully saturated rings. The van der Waals surface area contributed by atoms with Crippen LogP contribution in [0.4, 0.5) is 0 Å². The zero-order chi connectivity index (χ0) is 23.8. The number of rotatable bonds is 9. The Hall–Kier alpha value is -2.89. The Bertz CT molecular complexity index is 1040. The van der Waals surface area contributed by atoms with E-state index in [2.05, 4.69) is 53.3 Å². The zero-order valence-electron chi connectivity index (χ0n) is 19.6. The highest BCUT2D eigenvalue weighted by atomic mass is 35.5. The molecule has 1 atom stereocenters. The normalized spacial score (nSPS) is 15.3. The largest absolute Gasteiger partial charge is 0.482 e. The van der Waals surface area contributed by atoms with Gasteiger partial charge in [-0.3, -0.25) is 14.7 Å². The van der Waals surface area contributed by atoms with E-state index in [4.69, 9.17) is 16.3 Å². The lowest BCUT2D eigenvalue weighted by atomic mass is 9.85. The van der Waals surface area contributed by atoms with Crippen LogP contribution in [-0.2, 0) is 17.8 Å². The average Bonchev–Trinajstić information content (AvgIpc) is 2.88. The van der Waals surface area contributed by atoms with Crippen molar-refractivity contribution in [3.05, 3.63) is 95.3 Å². The Labute approximate surface area is 207 Å². The summed E-state index contributed by atoms with van der Waals surface area (Å²) in [5.41, 5.74) is 2.56. The number of hydrogen-bond acceptors (Lipinski definition) is 4. The van der Waals surface area contributed by atoms with E-state index in [-0.39, 0.29) is 12.5 Å². The van der Waals surface area contributed by atoms with Crippen molar-refractivity contribution in [2.75, 3.05) is 26.7 Å². The fourth-order valence-electron chi connectivity index (χ4n) is 4.76. The molecule has 178 valence electrons. The highest BCUT2D eigenvalue weighted by Gasteiger charge is 2.31. The van der Waals surface area contributed by atoms with Crippen LogP contribution in [0.2, 0.25) is 5.02 Å². The molecule has 5 nitrogen and oxygen atoms in total. The van der Waals surface area contributed by atoms with Gasteiger partial charge in [0.15, 0.2) is 6.61 Å². The zero-order valence-corrected chi connectivity index (χ0v) is 20.4. The van der Waals surface area contributed by atoms with Gasteiger partial charge in [-0.15, -0.1) is 0 Å². The van der Waals surface area contributed by atoms with E-state index in [1.807, 2.05) is 35.5 Å². The van der Waals surface area contributed by atoms with Crippen molar-refractivity contribution >= 4 is 17.5 Å². The van der Waals surface area contributed by atoms with E-state index >= 15 is 0 Å². The summed E-state index contributed by atoms with van der Waals surface area (Å²) < 4.78 is 5.67. The Morgan fingerprint density at radius 3 is 2.47 bits per heavy atom. The summed E-state index contributed by atoms with van der Waals surface area (Å²) in [5.74, 6) is 1.07. The Morgan fingerprint density at radius 1 is 1.06 bits per heavy atom. The number of halogens is 1. The summed E-state index contributed by atoms with van der Waals surface area (Å²) in [4.78, 5) is 21.4. The molecule has 2 heterocycles. The van der Waals surface area contributed by atoms with Crippen molar-refractivity contribution in [3.8, 4) is 5.75 Å². The minimum atomic E-state index is 0.0155. The highest BCUT2D eigenvalue weighted by Crippen LogP contribution is 2.28. The van der Waals surface area contributed by atoms with Crippen LogP contribution in [0, 0.1) is 5.92 Å². The van der Waals surface area contributed by atoms with E-state index < -0.39 is 0 Å². The second-order valence-corrected chi connectivity index (χ2v) is 9.38. The van der Waals surface area contributed by atoms with Crippen LogP contribution in [0.1, 0.15) is 24.0 Å². The smallest absolute Gasteiger partial charge is 0.260 e. The SMILES string of the molecule is CN(Cc1cccnc1)[C@@H](Cc1ccccc1)C1CCN(C(=O)COc2ccccc2Cl)CC1. The number of likely N-dealkylation sites (N-methyl/N-ethyl adjacent to an activating group) is 1. The van der Waals surface area contributed by atoms with Crippen LogP contribution in [0.15, 0.2) is 79.1 Å². The first-order valence-corrected chi connectivity index (χ1v) is 12.3. The molecule has 2 aromatic carbocycles. The maximum Gasteiger partial charge on any atom is 0.260 e. The molecule has 1 amide bonds. The average molecular weight is 478 g/mol. The number of pyridine rings is 1. The first kappa shape index (κ1) is 24.2. The van der Waals surface area contributed by atoms with Crippen LogP contribution in [0.5, 0.6) is 5.75 Å². The maximum atomic E-state index is 12.8. The van der Waals surface area contributed by atoms with E-state index in [0.29, 0.717) is 22.7 Å². The number of ether oxygens (including phenoxy) is 1. The minimum Gasteiger partial charge on any atom is -0.482 e. The number of carbonyl (C=O) groups is 1. The highest BCUT2D eigenvalue weighted by molar-refractivity contribution is 6.32. The number of piperidine rings is 1. The first-order valence-electron chi connectivity index (χ1n) is 11.9. The van der Waals surface area contributed by atoms with Gasteiger partial charge in [-0.1, -0.05) is 60.1 Å². The lowest BCUT2D eigenvalue weighted by Gasteiger charge is -2.40. The lowest BCUT2D eigenvalue weighted by Crippen LogP contribution is -2.47. The molecular weight excluding hydrogens is 446 g/mol. The van der Waals surface area contributed by atoms with Crippen LogP contribution >= 0.6 is 11.6 Å². The van der Waals surface area contributed by atoms with Crippen LogP contribution in [0.25, 0.3) is 0 Å². The van der Waals surface area contributed by atoms with Gasteiger partial charge in [0.25, 0.3) is 5.91 Å². The Morgan fingerprint density at radius 2 is 1.76 bits per heavy atom. The van der Waals surface area contributed by atoms with Crippen LogP contribution in [-0.4, -0.2) is 53.5 Å². The Kier molecular flexibility index (Phi) is 8.56. The minimum absolute atomic E-state index is 0.0155. The van der Waals surface area contributed by atoms with Crippen molar-refractivity contribution in [2.45, 2.75) is 31.8 Å². The quantitative estimate of drug-likeness (QED) is 0.430. The molecule has 1 aromatic heterocycles. The van der Waals surface area contributed by atoms with Gasteiger partial charge in [-0.05, 0) is 61.6 Å². The molecule has 0 spiro atoms. The maximum absolute atomic E-state index is 12.8. The third-order valence-corrected chi connectivity index (χ3v) is 6.95. The molecule has 1 aliphatic heterocycles. The van der Waals surface area contributed by atoms with E-state index in [1.54, 1.807) is 12.1 Å². The number of hydrogen-bond donors (Lipinski definition) is 0. The van der Waals surface area contributed by atoms with Crippen LogP contribution < -0.4 is 4.74 Å². The van der Waals surface area contributed by atoms with Crippen molar-refractivity contribution < 1.29 is 9.53 Å².